The van der Waals surface area contributed by atoms with Crippen molar-refractivity contribution in [2.24, 2.45) is 5.92 Å². The zero-order chi connectivity index (χ0) is 13.7. The Kier molecular flexibility index (Phi) is 5.44. The Labute approximate surface area is 124 Å². The Bertz CT molecular complexity index is 438. The molecule has 1 N–H and O–H groups in total. The molecule has 1 fully saturated rings. The van der Waals surface area contributed by atoms with Crippen LogP contribution in [-0.4, -0.2) is 12.5 Å². The van der Waals surface area contributed by atoms with Crippen molar-refractivity contribution in [3.63, 3.8) is 0 Å². The van der Waals surface area contributed by atoms with Crippen LogP contribution >= 0.6 is 15.9 Å². The molecule has 0 heterocycles. The van der Waals surface area contributed by atoms with E-state index < -0.39 is 0 Å². The third kappa shape index (κ3) is 4.07. The minimum atomic E-state index is 0.0465. The summed E-state index contributed by atoms with van der Waals surface area (Å²) in [5.41, 5.74) is 1.78. The Morgan fingerprint density at radius 2 is 2.11 bits per heavy atom. The van der Waals surface area contributed by atoms with Crippen molar-refractivity contribution in [1.29, 1.82) is 0 Å². The minimum Gasteiger partial charge on any atom is -0.352 e. The highest BCUT2D eigenvalue weighted by Crippen LogP contribution is 2.28. The molecule has 2 rings (SSSR count). The van der Waals surface area contributed by atoms with Crippen LogP contribution in [-0.2, 0) is 0 Å². The summed E-state index contributed by atoms with van der Waals surface area (Å²) < 4.78 is 0.992. The molecule has 0 aromatic heterocycles. The van der Waals surface area contributed by atoms with E-state index in [2.05, 4.69) is 21.2 Å². The molecule has 2 nitrogen and oxygen atoms in total. The van der Waals surface area contributed by atoms with E-state index in [9.17, 15) is 4.79 Å². The van der Waals surface area contributed by atoms with Gasteiger partial charge in [0.15, 0.2) is 0 Å². The van der Waals surface area contributed by atoms with Crippen LogP contribution < -0.4 is 5.32 Å². The first-order valence-corrected chi connectivity index (χ1v) is 8.01. The largest absolute Gasteiger partial charge is 0.352 e. The number of carbonyl (C=O) groups excluding carboxylic acids is 1. The SMILES string of the molecule is Cc1c(Br)cccc1C(=O)NCCCC1CCCC1. The highest BCUT2D eigenvalue weighted by molar-refractivity contribution is 9.10. The molecule has 0 bridgehead atoms. The third-order valence-electron chi connectivity index (χ3n) is 4.06. The molecule has 1 amide bonds. The predicted molar refractivity (Wildman–Crippen MR) is 82.4 cm³/mol. The van der Waals surface area contributed by atoms with Crippen molar-refractivity contribution in [3.05, 3.63) is 33.8 Å². The molecule has 0 atom stereocenters. The summed E-state index contributed by atoms with van der Waals surface area (Å²) in [7, 11) is 0. The normalized spacial score (nSPS) is 15.7. The zero-order valence-electron chi connectivity index (χ0n) is 11.5. The van der Waals surface area contributed by atoms with Crippen LogP contribution in [0.5, 0.6) is 0 Å². The highest BCUT2D eigenvalue weighted by Gasteiger charge is 2.14. The van der Waals surface area contributed by atoms with Crippen LogP contribution in [0.15, 0.2) is 22.7 Å². The Morgan fingerprint density at radius 1 is 1.37 bits per heavy atom. The molecule has 1 aliphatic rings. The number of rotatable bonds is 5. The number of halogens is 1. The minimum absolute atomic E-state index is 0.0465. The fourth-order valence-electron chi connectivity index (χ4n) is 2.84. The van der Waals surface area contributed by atoms with E-state index in [-0.39, 0.29) is 5.91 Å². The topological polar surface area (TPSA) is 29.1 Å². The number of carbonyl (C=O) groups is 1. The van der Waals surface area contributed by atoms with E-state index in [0.717, 1.165) is 34.5 Å². The molecule has 1 aromatic carbocycles. The summed E-state index contributed by atoms with van der Waals surface area (Å²) in [5.74, 6) is 0.953. The monoisotopic (exact) mass is 323 g/mol. The molecule has 0 radical (unpaired) electrons. The van der Waals surface area contributed by atoms with Crippen molar-refractivity contribution in [3.8, 4) is 0 Å². The van der Waals surface area contributed by atoms with Crippen LogP contribution in [0.2, 0.25) is 0 Å². The molecular formula is C16H22BrNO. The van der Waals surface area contributed by atoms with Gasteiger partial charge in [-0.25, -0.2) is 0 Å². The standard InChI is InChI=1S/C16H22BrNO/c1-12-14(9-4-10-15(12)17)16(19)18-11-5-8-13-6-2-3-7-13/h4,9-10,13H,2-3,5-8,11H2,1H3,(H,18,19). The first kappa shape index (κ1) is 14.6. The first-order chi connectivity index (χ1) is 9.18. The van der Waals surface area contributed by atoms with Crippen LogP contribution in [0.25, 0.3) is 0 Å². The number of amides is 1. The van der Waals surface area contributed by atoms with E-state index in [4.69, 9.17) is 0 Å². The van der Waals surface area contributed by atoms with E-state index >= 15 is 0 Å². The average molecular weight is 324 g/mol. The van der Waals surface area contributed by atoms with Gasteiger partial charge in [-0.05, 0) is 43.4 Å². The fraction of sp³-hybridized carbons (Fsp3) is 0.562. The van der Waals surface area contributed by atoms with E-state index in [1.807, 2.05) is 25.1 Å². The molecular weight excluding hydrogens is 302 g/mol. The van der Waals surface area contributed by atoms with Crippen LogP contribution in [0.3, 0.4) is 0 Å². The Balaban J connectivity index is 1.76. The lowest BCUT2D eigenvalue weighted by molar-refractivity contribution is 0.0951. The number of hydrogen-bond acceptors (Lipinski definition) is 1. The zero-order valence-corrected chi connectivity index (χ0v) is 13.1. The maximum Gasteiger partial charge on any atom is 0.251 e. The number of hydrogen-bond donors (Lipinski definition) is 1. The van der Waals surface area contributed by atoms with E-state index in [0.29, 0.717) is 0 Å². The second-order valence-electron chi connectivity index (χ2n) is 5.46. The predicted octanol–water partition coefficient (Wildman–Crippen LogP) is 4.46. The van der Waals surface area contributed by atoms with Gasteiger partial charge in [-0.15, -0.1) is 0 Å². The van der Waals surface area contributed by atoms with Crippen LogP contribution in [0.1, 0.15) is 54.4 Å². The maximum absolute atomic E-state index is 12.1. The fourth-order valence-corrected chi connectivity index (χ4v) is 3.21. The molecule has 1 aliphatic carbocycles. The quantitative estimate of drug-likeness (QED) is 0.796. The lowest BCUT2D eigenvalue weighted by Gasteiger charge is -2.11. The number of benzene rings is 1. The lowest BCUT2D eigenvalue weighted by Crippen LogP contribution is -2.25. The summed E-state index contributed by atoms with van der Waals surface area (Å²) in [5, 5.41) is 3.03. The van der Waals surface area contributed by atoms with Crippen LogP contribution in [0.4, 0.5) is 0 Å². The van der Waals surface area contributed by atoms with Gasteiger partial charge in [0.25, 0.3) is 5.91 Å². The van der Waals surface area contributed by atoms with E-state index in [1.54, 1.807) is 0 Å². The molecule has 19 heavy (non-hydrogen) atoms. The van der Waals surface area contributed by atoms with Crippen LogP contribution in [0, 0.1) is 12.8 Å². The van der Waals surface area contributed by atoms with Gasteiger partial charge in [-0.3, -0.25) is 4.79 Å². The first-order valence-electron chi connectivity index (χ1n) is 7.22. The summed E-state index contributed by atoms with van der Waals surface area (Å²) in [6.45, 7) is 2.76. The van der Waals surface area contributed by atoms with Crippen molar-refractivity contribution in [2.45, 2.75) is 45.4 Å². The van der Waals surface area contributed by atoms with Gasteiger partial charge in [0.2, 0.25) is 0 Å². The molecule has 0 spiro atoms. The van der Waals surface area contributed by atoms with Gasteiger partial charge in [0, 0.05) is 16.6 Å². The number of nitrogens with one attached hydrogen (secondary N) is 1. The molecule has 0 saturated heterocycles. The third-order valence-corrected chi connectivity index (χ3v) is 4.92. The molecule has 3 heteroatoms. The lowest BCUT2D eigenvalue weighted by atomic mass is 10.0. The van der Waals surface area contributed by atoms with Crippen molar-refractivity contribution in [1.82, 2.24) is 5.32 Å². The average Bonchev–Trinajstić information content (AvgIpc) is 2.91. The molecule has 0 unspecified atom stereocenters. The van der Waals surface area contributed by atoms with Crippen molar-refractivity contribution >= 4 is 21.8 Å². The summed E-state index contributed by atoms with van der Waals surface area (Å²) in [6.07, 6.45) is 7.93. The summed E-state index contributed by atoms with van der Waals surface area (Å²) in [4.78, 5) is 12.1. The second-order valence-corrected chi connectivity index (χ2v) is 6.32. The molecule has 0 aliphatic heterocycles. The van der Waals surface area contributed by atoms with E-state index in [1.165, 1.54) is 32.1 Å². The highest BCUT2D eigenvalue weighted by atomic mass is 79.9. The second kappa shape index (κ2) is 7.09. The van der Waals surface area contributed by atoms with Gasteiger partial charge < -0.3 is 5.32 Å². The van der Waals surface area contributed by atoms with Crippen molar-refractivity contribution in [2.75, 3.05) is 6.54 Å². The van der Waals surface area contributed by atoms with Crippen molar-refractivity contribution < 1.29 is 4.79 Å². The Morgan fingerprint density at radius 3 is 2.84 bits per heavy atom. The maximum atomic E-state index is 12.1. The smallest absolute Gasteiger partial charge is 0.251 e. The van der Waals surface area contributed by atoms with Gasteiger partial charge >= 0.3 is 0 Å². The van der Waals surface area contributed by atoms with Gasteiger partial charge in [0.05, 0.1) is 0 Å². The summed E-state index contributed by atoms with van der Waals surface area (Å²) >= 11 is 3.46. The van der Waals surface area contributed by atoms with Gasteiger partial charge in [-0.2, -0.15) is 0 Å². The Hall–Kier alpha value is -0.830. The van der Waals surface area contributed by atoms with Gasteiger partial charge in [-0.1, -0.05) is 47.7 Å². The molecule has 1 saturated carbocycles. The molecule has 1 aromatic rings. The van der Waals surface area contributed by atoms with Gasteiger partial charge in [0.1, 0.15) is 0 Å². The molecule has 104 valence electrons. The summed E-state index contributed by atoms with van der Waals surface area (Å²) in [6, 6.07) is 5.75.